The zero-order valence-electron chi connectivity index (χ0n) is 11.8. The summed E-state index contributed by atoms with van der Waals surface area (Å²) in [5, 5.41) is 12.1. The van der Waals surface area contributed by atoms with Crippen LogP contribution in [0.3, 0.4) is 0 Å². The largest absolute Gasteiger partial charge is 0.396 e. The normalized spacial score (nSPS) is 10.8. The molecule has 0 aliphatic carbocycles. The molecule has 1 aromatic heterocycles. The molecule has 0 saturated carbocycles. The summed E-state index contributed by atoms with van der Waals surface area (Å²) in [5.41, 5.74) is 0.950. The molecule has 1 rings (SSSR count). The second kappa shape index (κ2) is 7.16. The van der Waals surface area contributed by atoms with E-state index in [9.17, 15) is 0 Å². The molecule has 0 amide bonds. The summed E-state index contributed by atoms with van der Waals surface area (Å²) >= 11 is 0. The third-order valence-electron chi connectivity index (χ3n) is 2.65. The van der Waals surface area contributed by atoms with E-state index in [-0.39, 0.29) is 6.61 Å². The number of hydrogen-bond donors (Lipinski definition) is 2. The topological polar surface area (TPSA) is 61.3 Å². The Kier molecular flexibility index (Phi) is 5.85. The van der Waals surface area contributed by atoms with Crippen molar-refractivity contribution in [2.45, 2.75) is 40.2 Å². The van der Waals surface area contributed by atoms with E-state index in [1.807, 2.05) is 19.9 Å². The number of aliphatic hydroxyl groups excluding tert-OH is 1. The smallest absolute Gasteiger partial charge is 0.224 e. The van der Waals surface area contributed by atoms with Crippen molar-refractivity contribution in [1.29, 1.82) is 0 Å². The zero-order chi connectivity index (χ0) is 13.5. The summed E-state index contributed by atoms with van der Waals surface area (Å²) < 4.78 is 0. The monoisotopic (exact) mass is 252 g/mol. The first-order chi connectivity index (χ1) is 8.58. The van der Waals surface area contributed by atoms with Gasteiger partial charge in [0.25, 0.3) is 0 Å². The van der Waals surface area contributed by atoms with Crippen LogP contribution in [0, 0.1) is 6.92 Å². The quantitative estimate of drug-likeness (QED) is 0.775. The molecule has 18 heavy (non-hydrogen) atoms. The second-order valence-corrected chi connectivity index (χ2v) is 4.59. The number of nitrogens with one attached hydrogen (secondary N) is 1. The first-order valence-electron chi connectivity index (χ1n) is 6.55. The molecule has 0 radical (unpaired) electrons. The van der Waals surface area contributed by atoms with E-state index in [0.29, 0.717) is 12.0 Å². The van der Waals surface area contributed by atoms with Gasteiger partial charge < -0.3 is 15.3 Å². The van der Waals surface area contributed by atoms with Crippen LogP contribution in [-0.2, 0) is 0 Å². The Labute approximate surface area is 109 Å². The lowest BCUT2D eigenvalue weighted by atomic mass is 10.2. The van der Waals surface area contributed by atoms with Crippen LogP contribution < -0.4 is 10.2 Å². The standard InChI is InChI=1S/C13H24N4O/c1-5-14-13-15-11(4)9-12(16-13)17(10(2)3)7-6-8-18/h9-10,18H,5-8H2,1-4H3,(H,14,15,16). The molecule has 0 aliphatic rings. The van der Waals surface area contributed by atoms with E-state index in [2.05, 4.69) is 34.0 Å². The fourth-order valence-corrected chi connectivity index (χ4v) is 1.81. The maximum atomic E-state index is 8.97. The molecule has 0 aromatic carbocycles. The summed E-state index contributed by atoms with van der Waals surface area (Å²) in [7, 11) is 0. The van der Waals surface area contributed by atoms with Crippen LogP contribution >= 0.6 is 0 Å². The summed E-state index contributed by atoms with van der Waals surface area (Å²) in [4.78, 5) is 11.1. The lowest BCUT2D eigenvalue weighted by Gasteiger charge is -2.28. The average molecular weight is 252 g/mol. The van der Waals surface area contributed by atoms with Crippen LogP contribution in [0.25, 0.3) is 0 Å². The van der Waals surface area contributed by atoms with Crippen LogP contribution in [0.1, 0.15) is 32.9 Å². The minimum absolute atomic E-state index is 0.202. The Morgan fingerprint density at radius 1 is 1.39 bits per heavy atom. The second-order valence-electron chi connectivity index (χ2n) is 4.59. The van der Waals surface area contributed by atoms with Crippen molar-refractivity contribution in [3.8, 4) is 0 Å². The fraction of sp³-hybridized carbons (Fsp3) is 0.692. The lowest BCUT2D eigenvalue weighted by Crippen LogP contribution is -2.33. The van der Waals surface area contributed by atoms with Gasteiger partial charge in [-0.05, 0) is 34.1 Å². The van der Waals surface area contributed by atoms with Crippen LogP contribution in [0.5, 0.6) is 0 Å². The van der Waals surface area contributed by atoms with Crippen molar-refractivity contribution in [3.05, 3.63) is 11.8 Å². The Balaban J connectivity index is 2.95. The number of hydrogen-bond acceptors (Lipinski definition) is 5. The molecular weight excluding hydrogens is 228 g/mol. The molecule has 5 nitrogen and oxygen atoms in total. The molecule has 1 heterocycles. The van der Waals surface area contributed by atoms with Gasteiger partial charge in [-0.1, -0.05) is 0 Å². The van der Waals surface area contributed by atoms with Gasteiger partial charge in [-0.15, -0.1) is 0 Å². The molecule has 0 spiro atoms. The Hall–Kier alpha value is -1.36. The lowest BCUT2D eigenvalue weighted by molar-refractivity contribution is 0.288. The first-order valence-corrected chi connectivity index (χ1v) is 6.55. The number of nitrogens with zero attached hydrogens (tertiary/aromatic N) is 3. The SMILES string of the molecule is CCNc1nc(C)cc(N(CCCO)C(C)C)n1. The summed E-state index contributed by atoms with van der Waals surface area (Å²) in [6.45, 7) is 10.1. The van der Waals surface area contributed by atoms with Gasteiger partial charge in [-0.2, -0.15) is 4.98 Å². The van der Waals surface area contributed by atoms with E-state index in [1.54, 1.807) is 0 Å². The molecular formula is C13H24N4O. The Morgan fingerprint density at radius 3 is 2.67 bits per heavy atom. The summed E-state index contributed by atoms with van der Waals surface area (Å²) in [6, 6.07) is 2.33. The molecule has 1 aromatic rings. The third-order valence-corrected chi connectivity index (χ3v) is 2.65. The zero-order valence-corrected chi connectivity index (χ0v) is 11.8. The highest BCUT2D eigenvalue weighted by molar-refractivity contribution is 5.45. The predicted molar refractivity (Wildman–Crippen MR) is 75.1 cm³/mol. The Bertz CT molecular complexity index is 368. The molecule has 0 fully saturated rings. The van der Waals surface area contributed by atoms with Gasteiger partial charge >= 0.3 is 0 Å². The van der Waals surface area contributed by atoms with Crippen LogP contribution in [0.15, 0.2) is 6.07 Å². The van der Waals surface area contributed by atoms with Gasteiger partial charge in [0, 0.05) is 37.5 Å². The van der Waals surface area contributed by atoms with Gasteiger partial charge in [-0.25, -0.2) is 4.98 Å². The van der Waals surface area contributed by atoms with Crippen molar-refractivity contribution < 1.29 is 5.11 Å². The van der Waals surface area contributed by atoms with Crippen LogP contribution in [0.4, 0.5) is 11.8 Å². The van der Waals surface area contributed by atoms with E-state index >= 15 is 0 Å². The van der Waals surface area contributed by atoms with Gasteiger partial charge in [-0.3, -0.25) is 0 Å². The van der Waals surface area contributed by atoms with Crippen molar-refractivity contribution in [3.63, 3.8) is 0 Å². The molecule has 5 heteroatoms. The number of rotatable bonds is 7. The van der Waals surface area contributed by atoms with Gasteiger partial charge in [0.15, 0.2) is 0 Å². The number of aliphatic hydroxyl groups is 1. The van der Waals surface area contributed by atoms with Crippen molar-refractivity contribution in [2.75, 3.05) is 29.9 Å². The summed E-state index contributed by atoms with van der Waals surface area (Å²) in [5.74, 6) is 1.59. The maximum absolute atomic E-state index is 8.97. The molecule has 0 saturated heterocycles. The number of aryl methyl sites for hydroxylation is 1. The summed E-state index contributed by atoms with van der Waals surface area (Å²) in [6.07, 6.45) is 0.748. The van der Waals surface area contributed by atoms with Gasteiger partial charge in [0.2, 0.25) is 5.95 Å². The molecule has 0 bridgehead atoms. The first kappa shape index (κ1) is 14.7. The van der Waals surface area contributed by atoms with Gasteiger partial charge in [0.1, 0.15) is 5.82 Å². The van der Waals surface area contributed by atoms with E-state index in [1.165, 1.54) is 0 Å². The van der Waals surface area contributed by atoms with E-state index in [4.69, 9.17) is 5.11 Å². The van der Waals surface area contributed by atoms with Gasteiger partial charge in [0.05, 0.1) is 0 Å². The average Bonchev–Trinajstić information content (AvgIpc) is 2.28. The molecule has 102 valence electrons. The molecule has 0 unspecified atom stereocenters. The predicted octanol–water partition coefficient (Wildman–Crippen LogP) is 1.81. The van der Waals surface area contributed by atoms with Crippen molar-refractivity contribution >= 4 is 11.8 Å². The minimum Gasteiger partial charge on any atom is -0.396 e. The minimum atomic E-state index is 0.202. The molecule has 0 atom stereocenters. The fourth-order valence-electron chi connectivity index (χ4n) is 1.81. The van der Waals surface area contributed by atoms with Crippen molar-refractivity contribution in [1.82, 2.24) is 9.97 Å². The highest BCUT2D eigenvalue weighted by Gasteiger charge is 2.13. The molecule has 2 N–H and O–H groups in total. The maximum Gasteiger partial charge on any atom is 0.224 e. The molecule has 0 aliphatic heterocycles. The Morgan fingerprint density at radius 2 is 2.11 bits per heavy atom. The highest BCUT2D eigenvalue weighted by atomic mass is 16.3. The van der Waals surface area contributed by atoms with Crippen LogP contribution in [-0.4, -0.2) is 40.8 Å². The van der Waals surface area contributed by atoms with Crippen molar-refractivity contribution in [2.24, 2.45) is 0 Å². The van der Waals surface area contributed by atoms with E-state index < -0.39 is 0 Å². The van der Waals surface area contributed by atoms with Crippen LogP contribution in [0.2, 0.25) is 0 Å². The van der Waals surface area contributed by atoms with E-state index in [0.717, 1.165) is 31.0 Å². The third kappa shape index (κ3) is 4.14. The number of anilines is 2. The number of aromatic nitrogens is 2. The highest BCUT2D eigenvalue weighted by Crippen LogP contribution is 2.17.